The van der Waals surface area contributed by atoms with Crippen LogP contribution in [-0.4, -0.2) is 31.3 Å². The molecule has 1 aromatic rings. The van der Waals surface area contributed by atoms with Gasteiger partial charge in [-0.3, -0.25) is 0 Å². The fourth-order valence-corrected chi connectivity index (χ4v) is 1.44. The molecule has 0 amide bonds. The molecule has 0 aliphatic carbocycles. The molecule has 0 aliphatic rings. The number of methoxy groups -OCH3 is 1. The molecule has 5 heteroatoms. The SMILES string of the molecule is CCOC(=O)c1ncoc1CC(C)COC. The third kappa shape index (κ3) is 3.34. The first-order chi connectivity index (χ1) is 7.69. The molecule has 0 spiro atoms. The van der Waals surface area contributed by atoms with Crippen molar-refractivity contribution in [2.45, 2.75) is 20.3 Å². The Hall–Kier alpha value is -1.36. The van der Waals surface area contributed by atoms with Gasteiger partial charge in [0, 0.05) is 20.1 Å². The summed E-state index contributed by atoms with van der Waals surface area (Å²) in [5.41, 5.74) is 0.268. The minimum absolute atomic E-state index is 0.268. The highest BCUT2D eigenvalue weighted by atomic mass is 16.5. The van der Waals surface area contributed by atoms with E-state index < -0.39 is 5.97 Å². The van der Waals surface area contributed by atoms with Gasteiger partial charge < -0.3 is 13.9 Å². The first-order valence-electron chi connectivity index (χ1n) is 5.27. The summed E-state index contributed by atoms with van der Waals surface area (Å²) in [7, 11) is 1.64. The molecule has 0 fully saturated rings. The number of esters is 1. The predicted molar refractivity (Wildman–Crippen MR) is 57.2 cm³/mol. The Morgan fingerprint density at radius 2 is 2.38 bits per heavy atom. The quantitative estimate of drug-likeness (QED) is 0.692. The molecule has 0 saturated carbocycles. The lowest BCUT2D eigenvalue weighted by Crippen LogP contribution is -2.12. The van der Waals surface area contributed by atoms with Crippen molar-refractivity contribution in [3.63, 3.8) is 0 Å². The Morgan fingerprint density at radius 1 is 1.62 bits per heavy atom. The van der Waals surface area contributed by atoms with Crippen LogP contribution in [0.25, 0.3) is 0 Å². The van der Waals surface area contributed by atoms with Gasteiger partial charge in [0.15, 0.2) is 12.1 Å². The van der Waals surface area contributed by atoms with Gasteiger partial charge in [0.25, 0.3) is 0 Å². The summed E-state index contributed by atoms with van der Waals surface area (Å²) in [6, 6.07) is 0. The molecule has 5 nitrogen and oxygen atoms in total. The van der Waals surface area contributed by atoms with Gasteiger partial charge in [0.2, 0.25) is 0 Å². The second-order valence-corrected chi connectivity index (χ2v) is 3.61. The number of hydrogen-bond acceptors (Lipinski definition) is 5. The maximum atomic E-state index is 11.5. The molecule has 0 aliphatic heterocycles. The molecular formula is C11H17NO4. The van der Waals surface area contributed by atoms with Crippen LogP contribution < -0.4 is 0 Å². The molecular weight excluding hydrogens is 210 g/mol. The van der Waals surface area contributed by atoms with Crippen molar-refractivity contribution < 1.29 is 18.7 Å². The van der Waals surface area contributed by atoms with Crippen molar-refractivity contribution in [2.24, 2.45) is 5.92 Å². The van der Waals surface area contributed by atoms with Gasteiger partial charge >= 0.3 is 5.97 Å². The minimum Gasteiger partial charge on any atom is -0.461 e. The Morgan fingerprint density at radius 3 is 3.00 bits per heavy atom. The van der Waals surface area contributed by atoms with Crippen LogP contribution in [-0.2, 0) is 15.9 Å². The summed E-state index contributed by atoms with van der Waals surface area (Å²) in [5, 5.41) is 0. The number of rotatable bonds is 6. The lowest BCUT2D eigenvalue weighted by Gasteiger charge is -2.08. The van der Waals surface area contributed by atoms with Gasteiger partial charge in [-0.15, -0.1) is 0 Å². The maximum absolute atomic E-state index is 11.5. The van der Waals surface area contributed by atoms with E-state index in [1.807, 2.05) is 6.92 Å². The van der Waals surface area contributed by atoms with Crippen LogP contribution in [0.15, 0.2) is 10.8 Å². The molecule has 1 aromatic heterocycles. The van der Waals surface area contributed by atoms with Gasteiger partial charge in [0.1, 0.15) is 5.76 Å². The van der Waals surface area contributed by atoms with E-state index in [9.17, 15) is 4.79 Å². The van der Waals surface area contributed by atoms with Crippen LogP contribution in [0.3, 0.4) is 0 Å². The van der Waals surface area contributed by atoms with Gasteiger partial charge in [0.05, 0.1) is 6.61 Å². The van der Waals surface area contributed by atoms with Gasteiger partial charge in [-0.05, 0) is 12.8 Å². The van der Waals surface area contributed by atoms with Crippen molar-refractivity contribution in [3.05, 3.63) is 17.8 Å². The number of carbonyl (C=O) groups is 1. The third-order valence-corrected chi connectivity index (χ3v) is 2.09. The zero-order valence-corrected chi connectivity index (χ0v) is 9.86. The molecule has 0 bridgehead atoms. The van der Waals surface area contributed by atoms with Crippen molar-refractivity contribution >= 4 is 5.97 Å². The van der Waals surface area contributed by atoms with Crippen molar-refractivity contribution in [1.82, 2.24) is 4.98 Å². The molecule has 0 saturated heterocycles. The van der Waals surface area contributed by atoms with Crippen molar-refractivity contribution in [2.75, 3.05) is 20.3 Å². The van der Waals surface area contributed by atoms with Crippen molar-refractivity contribution in [1.29, 1.82) is 0 Å². The van der Waals surface area contributed by atoms with Crippen LogP contribution in [0.1, 0.15) is 30.1 Å². The second kappa shape index (κ2) is 6.27. The van der Waals surface area contributed by atoms with E-state index in [0.717, 1.165) is 0 Å². The number of ether oxygens (including phenoxy) is 2. The van der Waals surface area contributed by atoms with Gasteiger partial charge in [-0.25, -0.2) is 9.78 Å². The average molecular weight is 227 g/mol. The summed E-state index contributed by atoms with van der Waals surface area (Å²) < 4.78 is 15.1. The molecule has 1 unspecified atom stereocenters. The van der Waals surface area contributed by atoms with Crippen LogP contribution in [0.4, 0.5) is 0 Å². The predicted octanol–water partition coefficient (Wildman–Crippen LogP) is 1.68. The number of nitrogens with zero attached hydrogens (tertiary/aromatic N) is 1. The Balaban J connectivity index is 2.66. The van der Waals surface area contributed by atoms with E-state index in [0.29, 0.717) is 25.4 Å². The lowest BCUT2D eigenvalue weighted by atomic mass is 10.1. The van der Waals surface area contributed by atoms with Crippen LogP contribution >= 0.6 is 0 Å². The number of oxazole rings is 1. The monoisotopic (exact) mass is 227 g/mol. The van der Waals surface area contributed by atoms with E-state index in [-0.39, 0.29) is 11.6 Å². The number of carbonyl (C=O) groups excluding carboxylic acids is 1. The number of hydrogen-bond donors (Lipinski definition) is 0. The number of aromatic nitrogens is 1. The molecule has 0 radical (unpaired) electrons. The molecule has 1 atom stereocenters. The topological polar surface area (TPSA) is 61.6 Å². The Labute approximate surface area is 94.8 Å². The third-order valence-electron chi connectivity index (χ3n) is 2.09. The zero-order chi connectivity index (χ0) is 12.0. The summed E-state index contributed by atoms with van der Waals surface area (Å²) in [6.45, 7) is 4.72. The van der Waals surface area contributed by atoms with Gasteiger partial charge in [-0.1, -0.05) is 6.92 Å². The van der Waals surface area contributed by atoms with E-state index in [1.54, 1.807) is 14.0 Å². The molecule has 90 valence electrons. The van der Waals surface area contributed by atoms with E-state index in [1.165, 1.54) is 6.39 Å². The van der Waals surface area contributed by atoms with E-state index in [4.69, 9.17) is 13.9 Å². The molecule has 16 heavy (non-hydrogen) atoms. The summed E-state index contributed by atoms with van der Waals surface area (Å²) >= 11 is 0. The van der Waals surface area contributed by atoms with Crippen LogP contribution in [0, 0.1) is 5.92 Å². The smallest absolute Gasteiger partial charge is 0.360 e. The summed E-state index contributed by atoms with van der Waals surface area (Å²) in [4.78, 5) is 15.4. The molecule has 1 rings (SSSR count). The minimum atomic E-state index is -0.434. The average Bonchev–Trinajstić information content (AvgIpc) is 2.66. The standard InChI is InChI=1S/C11H17NO4/c1-4-15-11(13)10-9(16-7-12-10)5-8(2)6-14-3/h7-8H,4-6H2,1-3H3. The largest absolute Gasteiger partial charge is 0.461 e. The highest BCUT2D eigenvalue weighted by Crippen LogP contribution is 2.14. The first-order valence-corrected chi connectivity index (χ1v) is 5.27. The van der Waals surface area contributed by atoms with E-state index in [2.05, 4.69) is 4.98 Å². The van der Waals surface area contributed by atoms with Gasteiger partial charge in [-0.2, -0.15) is 0 Å². The van der Waals surface area contributed by atoms with E-state index >= 15 is 0 Å². The molecule has 1 heterocycles. The molecule has 0 aromatic carbocycles. The maximum Gasteiger partial charge on any atom is 0.360 e. The lowest BCUT2D eigenvalue weighted by molar-refractivity contribution is 0.0516. The molecule has 0 N–H and O–H groups in total. The summed E-state index contributed by atoms with van der Waals surface area (Å²) in [6.07, 6.45) is 1.88. The van der Waals surface area contributed by atoms with Crippen LogP contribution in [0.2, 0.25) is 0 Å². The first kappa shape index (κ1) is 12.7. The Kier molecular flexibility index (Phi) is 4.98. The second-order valence-electron chi connectivity index (χ2n) is 3.61. The highest BCUT2D eigenvalue weighted by molar-refractivity contribution is 5.88. The Bertz CT molecular complexity index is 334. The zero-order valence-electron chi connectivity index (χ0n) is 9.86. The fourth-order valence-electron chi connectivity index (χ4n) is 1.44. The van der Waals surface area contributed by atoms with Crippen molar-refractivity contribution in [3.8, 4) is 0 Å². The van der Waals surface area contributed by atoms with Crippen LogP contribution in [0.5, 0.6) is 0 Å². The fraction of sp³-hybridized carbons (Fsp3) is 0.636. The normalized spacial score (nSPS) is 12.4. The summed E-state index contributed by atoms with van der Waals surface area (Å²) in [5.74, 6) is 0.394. The highest BCUT2D eigenvalue weighted by Gasteiger charge is 2.19.